The number of hydrogen-bond donors (Lipinski definition) is 0. The second kappa shape index (κ2) is 9.74. The maximum absolute atomic E-state index is 13.2. The average Bonchev–Trinajstić information content (AvgIpc) is 3.51. The van der Waals surface area contributed by atoms with Crippen LogP contribution in [0.15, 0.2) is 41.3 Å². The van der Waals surface area contributed by atoms with Gasteiger partial charge < -0.3 is 9.47 Å². The van der Waals surface area contributed by atoms with Crippen LogP contribution in [0, 0.1) is 6.92 Å². The van der Waals surface area contributed by atoms with Crippen LogP contribution in [0.2, 0.25) is 0 Å². The summed E-state index contributed by atoms with van der Waals surface area (Å²) in [6.45, 7) is 6.89. The molecule has 1 saturated heterocycles. The van der Waals surface area contributed by atoms with Crippen LogP contribution in [0.3, 0.4) is 0 Å². The molecule has 2 aromatic carbocycles. The van der Waals surface area contributed by atoms with Crippen molar-refractivity contribution in [3.05, 3.63) is 53.3 Å². The van der Waals surface area contributed by atoms with Gasteiger partial charge in [-0.2, -0.15) is 4.31 Å². The van der Waals surface area contributed by atoms with E-state index in [1.807, 2.05) is 11.0 Å². The first-order valence-corrected chi connectivity index (χ1v) is 14.2. The van der Waals surface area contributed by atoms with E-state index in [2.05, 4.69) is 36.6 Å². The number of sulfonamides is 1. The van der Waals surface area contributed by atoms with Crippen molar-refractivity contribution in [2.75, 3.05) is 24.5 Å². The van der Waals surface area contributed by atoms with Gasteiger partial charge in [0.15, 0.2) is 0 Å². The Morgan fingerprint density at radius 1 is 1.03 bits per heavy atom. The van der Waals surface area contributed by atoms with Crippen LogP contribution in [-0.4, -0.2) is 47.8 Å². The van der Waals surface area contributed by atoms with E-state index in [-0.39, 0.29) is 5.91 Å². The molecule has 8 heteroatoms. The van der Waals surface area contributed by atoms with E-state index in [1.54, 1.807) is 16.4 Å². The summed E-state index contributed by atoms with van der Waals surface area (Å²) in [4.78, 5) is 20.3. The summed E-state index contributed by atoms with van der Waals surface area (Å²) < 4.78 is 29.8. The minimum absolute atomic E-state index is 0.113. The highest BCUT2D eigenvalue weighted by Crippen LogP contribution is 2.29. The van der Waals surface area contributed by atoms with Gasteiger partial charge in [0.25, 0.3) is 0 Å². The van der Waals surface area contributed by atoms with E-state index in [1.165, 1.54) is 11.1 Å². The lowest BCUT2D eigenvalue weighted by Crippen LogP contribution is -2.35. The molecule has 0 radical (unpaired) electrons. The fourth-order valence-corrected chi connectivity index (χ4v) is 6.94. The van der Waals surface area contributed by atoms with Gasteiger partial charge in [0.2, 0.25) is 15.9 Å². The van der Waals surface area contributed by atoms with Crippen molar-refractivity contribution in [3.8, 4) is 0 Å². The summed E-state index contributed by atoms with van der Waals surface area (Å²) in [7, 11) is -3.49. The molecule has 0 N–H and O–H groups in total. The standard InChI is InChI=1S/C27H34N4O3S/c1-3-14-30-25-11-9-22(35(33,34)29-15-4-5-16-29)19-23(25)28-26(30)12-13-27(32)31-17-6-7-21-18-20(2)8-10-24(21)31/h8-11,18-19H,3-7,12-17H2,1-2H3. The highest BCUT2D eigenvalue weighted by molar-refractivity contribution is 7.89. The Bertz CT molecular complexity index is 1360. The number of anilines is 1. The van der Waals surface area contributed by atoms with Crippen molar-refractivity contribution in [3.63, 3.8) is 0 Å². The number of carbonyl (C=O) groups excluding carboxylic acids is 1. The number of aryl methyl sites for hydroxylation is 4. The predicted octanol–water partition coefficient (Wildman–Crippen LogP) is 4.45. The van der Waals surface area contributed by atoms with Gasteiger partial charge in [0.05, 0.1) is 15.9 Å². The van der Waals surface area contributed by atoms with Crippen molar-refractivity contribution in [2.24, 2.45) is 0 Å². The molecule has 1 fully saturated rings. The highest BCUT2D eigenvalue weighted by atomic mass is 32.2. The zero-order valence-electron chi connectivity index (χ0n) is 20.7. The van der Waals surface area contributed by atoms with Crippen LogP contribution in [0.25, 0.3) is 11.0 Å². The van der Waals surface area contributed by atoms with Crippen molar-refractivity contribution in [2.45, 2.75) is 70.2 Å². The van der Waals surface area contributed by atoms with Crippen molar-refractivity contribution >= 4 is 32.7 Å². The molecule has 3 aromatic rings. The summed E-state index contributed by atoms with van der Waals surface area (Å²) in [5, 5.41) is 0. The van der Waals surface area contributed by atoms with Gasteiger partial charge in [-0.15, -0.1) is 0 Å². The average molecular weight is 495 g/mol. The van der Waals surface area contributed by atoms with Gasteiger partial charge in [0.1, 0.15) is 5.82 Å². The Kier molecular flexibility index (Phi) is 6.68. The number of amides is 1. The number of rotatable bonds is 7. The summed E-state index contributed by atoms with van der Waals surface area (Å²) in [6.07, 6.45) is 5.64. The molecule has 0 bridgehead atoms. The van der Waals surface area contributed by atoms with Crippen LogP contribution in [0.5, 0.6) is 0 Å². The fraction of sp³-hybridized carbons (Fsp3) is 0.481. The van der Waals surface area contributed by atoms with E-state index in [9.17, 15) is 13.2 Å². The first-order valence-electron chi connectivity index (χ1n) is 12.8. The van der Waals surface area contributed by atoms with Gasteiger partial charge in [-0.1, -0.05) is 24.6 Å². The predicted molar refractivity (Wildman–Crippen MR) is 138 cm³/mol. The van der Waals surface area contributed by atoms with Crippen LogP contribution >= 0.6 is 0 Å². The van der Waals surface area contributed by atoms with E-state index < -0.39 is 10.0 Å². The zero-order valence-corrected chi connectivity index (χ0v) is 21.5. The molecular formula is C27H34N4O3S. The molecule has 2 aliphatic heterocycles. The third-order valence-corrected chi connectivity index (χ3v) is 9.06. The van der Waals surface area contributed by atoms with Crippen molar-refractivity contribution < 1.29 is 13.2 Å². The molecule has 35 heavy (non-hydrogen) atoms. The Labute approximate surface area is 207 Å². The summed E-state index contributed by atoms with van der Waals surface area (Å²) in [5.74, 6) is 0.953. The Balaban J connectivity index is 1.39. The summed E-state index contributed by atoms with van der Waals surface area (Å²) in [6, 6.07) is 11.6. The second-order valence-corrected chi connectivity index (χ2v) is 11.7. The smallest absolute Gasteiger partial charge is 0.243 e. The number of fused-ring (bicyclic) bond motifs is 2. The molecule has 186 valence electrons. The molecule has 0 saturated carbocycles. The Morgan fingerprint density at radius 3 is 2.60 bits per heavy atom. The van der Waals surface area contributed by atoms with Crippen molar-refractivity contribution in [1.82, 2.24) is 13.9 Å². The van der Waals surface area contributed by atoms with Gasteiger partial charge in [0, 0.05) is 44.7 Å². The number of hydrogen-bond acceptors (Lipinski definition) is 4. The number of nitrogens with zero attached hydrogens (tertiary/aromatic N) is 4. The fourth-order valence-electron chi connectivity index (χ4n) is 5.40. The van der Waals surface area contributed by atoms with Gasteiger partial charge in [-0.3, -0.25) is 4.79 Å². The van der Waals surface area contributed by atoms with E-state index in [0.29, 0.717) is 36.3 Å². The van der Waals surface area contributed by atoms with E-state index in [4.69, 9.17) is 4.98 Å². The molecule has 2 aliphatic rings. The Hall–Kier alpha value is -2.71. The zero-order chi connectivity index (χ0) is 24.6. The van der Waals surface area contributed by atoms with Crippen LogP contribution in [0.4, 0.5) is 5.69 Å². The first-order chi connectivity index (χ1) is 16.9. The second-order valence-electron chi connectivity index (χ2n) is 9.72. The highest BCUT2D eigenvalue weighted by Gasteiger charge is 2.28. The van der Waals surface area contributed by atoms with Crippen LogP contribution < -0.4 is 4.90 Å². The van der Waals surface area contributed by atoms with Gasteiger partial charge in [-0.25, -0.2) is 13.4 Å². The third kappa shape index (κ3) is 4.61. The molecule has 0 spiro atoms. The molecule has 0 aliphatic carbocycles. The van der Waals surface area contributed by atoms with E-state index in [0.717, 1.165) is 62.2 Å². The minimum Gasteiger partial charge on any atom is -0.328 e. The number of imidazole rings is 1. The number of aromatic nitrogens is 2. The summed E-state index contributed by atoms with van der Waals surface area (Å²) in [5.41, 5.74) is 5.10. The van der Waals surface area contributed by atoms with E-state index >= 15 is 0 Å². The lowest BCUT2D eigenvalue weighted by atomic mass is 9.99. The third-order valence-electron chi connectivity index (χ3n) is 7.17. The van der Waals surface area contributed by atoms with Gasteiger partial charge >= 0.3 is 0 Å². The van der Waals surface area contributed by atoms with Gasteiger partial charge in [-0.05, 0) is 68.9 Å². The molecule has 1 aromatic heterocycles. The minimum atomic E-state index is -3.49. The normalized spacial score (nSPS) is 16.7. The summed E-state index contributed by atoms with van der Waals surface area (Å²) >= 11 is 0. The van der Waals surface area contributed by atoms with Crippen molar-refractivity contribution in [1.29, 1.82) is 0 Å². The molecule has 1 amide bonds. The lowest BCUT2D eigenvalue weighted by Gasteiger charge is -2.30. The monoisotopic (exact) mass is 494 g/mol. The quantitative estimate of drug-likeness (QED) is 0.486. The largest absolute Gasteiger partial charge is 0.328 e. The SMILES string of the molecule is CCCn1c(CCC(=O)N2CCCc3cc(C)ccc32)nc2cc(S(=O)(=O)N3CCCC3)ccc21. The number of benzene rings is 2. The van der Waals surface area contributed by atoms with Crippen LogP contribution in [-0.2, 0) is 34.2 Å². The number of carbonyl (C=O) groups is 1. The maximum atomic E-state index is 13.2. The molecular weight excluding hydrogens is 460 g/mol. The molecule has 0 unspecified atom stereocenters. The molecule has 3 heterocycles. The lowest BCUT2D eigenvalue weighted by molar-refractivity contribution is -0.118. The molecule has 0 atom stereocenters. The molecule has 7 nitrogen and oxygen atoms in total. The maximum Gasteiger partial charge on any atom is 0.243 e. The topological polar surface area (TPSA) is 75.5 Å². The van der Waals surface area contributed by atoms with Crippen LogP contribution in [0.1, 0.15) is 56.0 Å². The molecule has 5 rings (SSSR count). The first kappa shape index (κ1) is 24.0. The Morgan fingerprint density at radius 2 is 1.83 bits per heavy atom.